The van der Waals surface area contributed by atoms with E-state index >= 15 is 0 Å². The zero-order valence-corrected chi connectivity index (χ0v) is 25.5. The molecule has 10 heteroatoms. The van der Waals surface area contributed by atoms with Crippen molar-refractivity contribution in [3.05, 3.63) is 161 Å². The van der Waals surface area contributed by atoms with Gasteiger partial charge in [-0.15, -0.1) is 0 Å². The number of allylic oxidation sites excluding steroid dienone is 1. The van der Waals surface area contributed by atoms with Gasteiger partial charge in [0.05, 0.1) is 27.4 Å². The number of para-hydroxylation sites is 1. The summed E-state index contributed by atoms with van der Waals surface area (Å²) in [5.41, 5.74) is 3.86. The average molecular weight is 636 g/mol. The van der Waals surface area contributed by atoms with Crippen molar-refractivity contribution in [1.82, 2.24) is 4.57 Å². The Morgan fingerprint density at radius 1 is 0.978 bits per heavy atom. The van der Waals surface area contributed by atoms with Crippen molar-refractivity contribution in [2.75, 3.05) is 5.32 Å². The fourth-order valence-electron chi connectivity index (χ4n) is 5.01. The number of ether oxygens (including phenoxy) is 1. The maximum absolute atomic E-state index is 13.9. The van der Waals surface area contributed by atoms with Gasteiger partial charge in [-0.05, 0) is 78.2 Å². The highest BCUT2D eigenvalue weighted by Gasteiger charge is 2.32. The third kappa shape index (κ3) is 6.50. The second-order valence-electron chi connectivity index (χ2n) is 10.3. The second-order valence-corrected chi connectivity index (χ2v) is 11.8. The zero-order valence-electron chi connectivity index (χ0n) is 23.9. The first-order valence-electron chi connectivity index (χ1n) is 14.0. The molecule has 1 aliphatic heterocycles. The topological polar surface area (TPSA) is 110 Å². The molecular formula is C35H26ClN3O5S. The Morgan fingerprint density at radius 2 is 1.67 bits per heavy atom. The van der Waals surface area contributed by atoms with E-state index in [2.05, 4.69) is 5.32 Å². The Kier molecular flexibility index (Phi) is 8.46. The Balaban J connectivity index is 1.30. The predicted octanol–water partition coefficient (Wildman–Crippen LogP) is 5.80. The number of hydrogen-bond donors (Lipinski definition) is 2. The average Bonchev–Trinajstić information content (AvgIpc) is 3.34. The standard InChI is InChI=1S/C35H26ClN3O5S/c1-21-30(32(40)38-27-5-3-2-4-6-27)31(24-13-15-26(36)16-14-24)39-33(41)29(45-35(39)37-21)19-22-9-17-28(18-10-22)44-20-23-7-11-25(12-8-23)34(42)43/h2-19,31H,20H2,1H3,(H,38,40)(H,42,43)/b29-19+/t31-/m1/s1. The number of amides is 1. The highest BCUT2D eigenvalue weighted by molar-refractivity contribution is 7.07. The van der Waals surface area contributed by atoms with E-state index in [0.717, 1.165) is 16.7 Å². The first-order chi connectivity index (χ1) is 21.8. The van der Waals surface area contributed by atoms with Gasteiger partial charge in [-0.2, -0.15) is 0 Å². The molecule has 5 aromatic rings. The lowest BCUT2D eigenvalue weighted by atomic mass is 9.95. The zero-order chi connectivity index (χ0) is 31.5. The summed E-state index contributed by atoms with van der Waals surface area (Å²) in [5.74, 6) is -0.691. The number of rotatable bonds is 8. The van der Waals surface area contributed by atoms with Crippen LogP contribution in [0, 0.1) is 0 Å². The minimum Gasteiger partial charge on any atom is -0.489 e. The number of carbonyl (C=O) groups excluding carboxylic acids is 1. The Labute approximate surface area is 266 Å². The van der Waals surface area contributed by atoms with Crippen molar-refractivity contribution in [1.29, 1.82) is 0 Å². The number of nitrogens with zero attached hydrogens (tertiary/aromatic N) is 2. The normalized spacial score (nSPS) is 14.4. The molecule has 1 aliphatic rings. The van der Waals surface area contributed by atoms with Crippen LogP contribution in [0.1, 0.15) is 40.0 Å². The van der Waals surface area contributed by atoms with Gasteiger partial charge < -0.3 is 15.2 Å². The molecule has 0 fully saturated rings. The summed E-state index contributed by atoms with van der Waals surface area (Å²) in [6, 6.07) is 29.4. The first-order valence-corrected chi connectivity index (χ1v) is 15.2. The number of carboxylic acid groups (broad SMARTS) is 1. The molecule has 1 atom stereocenters. The molecule has 2 heterocycles. The van der Waals surface area contributed by atoms with Gasteiger partial charge in [0.1, 0.15) is 12.4 Å². The van der Waals surface area contributed by atoms with Gasteiger partial charge >= 0.3 is 5.97 Å². The molecule has 224 valence electrons. The molecule has 0 radical (unpaired) electrons. The van der Waals surface area contributed by atoms with Crippen LogP contribution in [0.15, 0.2) is 124 Å². The van der Waals surface area contributed by atoms with Crippen LogP contribution < -0.4 is 24.9 Å². The van der Waals surface area contributed by atoms with Crippen LogP contribution in [-0.2, 0) is 11.4 Å². The fraction of sp³-hybridized carbons (Fsp3) is 0.0857. The second kappa shape index (κ2) is 12.8. The molecule has 1 aromatic heterocycles. The van der Waals surface area contributed by atoms with E-state index in [1.54, 1.807) is 66.1 Å². The molecule has 0 aliphatic carbocycles. The van der Waals surface area contributed by atoms with Crippen LogP contribution in [0.5, 0.6) is 5.75 Å². The molecule has 6 rings (SSSR count). The number of hydrogen-bond acceptors (Lipinski definition) is 6. The van der Waals surface area contributed by atoms with Gasteiger partial charge in [0.2, 0.25) is 0 Å². The number of fused-ring (bicyclic) bond motifs is 1. The van der Waals surface area contributed by atoms with Crippen LogP contribution >= 0.6 is 22.9 Å². The van der Waals surface area contributed by atoms with Gasteiger partial charge in [-0.1, -0.05) is 77.5 Å². The summed E-state index contributed by atoms with van der Waals surface area (Å²) in [5, 5.41) is 12.6. The Hall–Kier alpha value is -5.25. The van der Waals surface area contributed by atoms with Crippen LogP contribution in [-0.4, -0.2) is 21.6 Å². The summed E-state index contributed by atoms with van der Waals surface area (Å²) in [7, 11) is 0. The molecule has 2 N–H and O–H groups in total. The van der Waals surface area contributed by atoms with Crippen molar-refractivity contribution < 1.29 is 19.4 Å². The molecule has 1 amide bonds. The lowest BCUT2D eigenvalue weighted by molar-refractivity contribution is -0.113. The van der Waals surface area contributed by atoms with Crippen LogP contribution in [0.2, 0.25) is 5.02 Å². The monoisotopic (exact) mass is 635 g/mol. The summed E-state index contributed by atoms with van der Waals surface area (Å²) < 4.78 is 7.89. The number of thiazole rings is 1. The van der Waals surface area contributed by atoms with E-state index in [9.17, 15) is 14.4 Å². The number of anilines is 1. The number of carboxylic acids is 1. The van der Waals surface area contributed by atoms with Gasteiger partial charge in [0.25, 0.3) is 11.5 Å². The maximum atomic E-state index is 13.9. The Bertz CT molecular complexity index is 2100. The van der Waals surface area contributed by atoms with Crippen molar-refractivity contribution >= 4 is 46.6 Å². The number of carbonyl (C=O) groups is 2. The number of benzene rings is 4. The van der Waals surface area contributed by atoms with Gasteiger partial charge in [-0.3, -0.25) is 14.2 Å². The largest absolute Gasteiger partial charge is 0.489 e. The molecular weight excluding hydrogens is 610 g/mol. The molecule has 0 spiro atoms. The molecule has 0 saturated heterocycles. The van der Waals surface area contributed by atoms with E-state index in [1.807, 2.05) is 42.5 Å². The molecule has 4 aromatic carbocycles. The van der Waals surface area contributed by atoms with Crippen molar-refractivity contribution in [2.45, 2.75) is 19.6 Å². The van der Waals surface area contributed by atoms with E-state index in [-0.39, 0.29) is 23.6 Å². The van der Waals surface area contributed by atoms with E-state index in [0.29, 0.717) is 37.1 Å². The number of nitrogens with one attached hydrogen (secondary N) is 1. The lowest BCUT2D eigenvalue weighted by Gasteiger charge is -2.25. The van der Waals surface area contributed by atoms with Crippen LogP contribution in [0.3, 0.4) is 0 Å². The van der Waals surface area contributed by atoms with Crippen LogP contribution in [0.25, 0.3) is 6.08 Å². The van der Waals surface area contributed by atoms with E-state index < -0.39 is 12.0 Å². The quantitative estimate of drug-likeness (QED) is 0.224. The molecule has 0 unspecified atom stereocenters. The van der Waals surface area contributed by atoms with Gasteiger partial charge in [-0.25, -0.2) is 9.79 Å². The summed E-state index contributed by atoms with van der Waals surface area (Å²) in [6.45, 7) is 2.06. The van der Waals surface area contributed by atoms with E-state index in [1.165, 1.54) is 23.5 Å². The van der Waals surface area contributed by atoms with Crippen molar-refractivity contribution in [2.24, 2.45) is 4.99 Å². The molecule has 8 nitrogen and oxygen atoms in total. The molecule has 0 saturated carbocycles. The SMILES string of the molecule is CC1=C(C(=O)Nc2ccccc2)[C@@H](c2ccc(Cl)cc2)n2c(s/c(=C/c3ccc(OCc4ccc(C(=O)O)cc4)cc3)c2=O)=N1. The van der Waals surface area contributed by atoms with Gasteiger partial charge in [0.15, 0.2) is 4.80 Å². The predicted molar refractivity (Wildman–Crippen MR) is 174 cm³/mol. The van der Waals surface area contributed by atoms with Crippen LogP contribution in [0.4, 0.5) is 5.69 Å². The van der Waals surface area contributed by atoms with Gasteiger partial charge in [0, 0.05) is 10.7 Å². The summed E-state index contributed by atoms with van der Waals surface area (Å²) in [4.78, 5) is 43.8. The lowest BCUT2D eigenvalue weighted by Crippen LogP contribution is -2.40. The third-order valence-corrected chi connectivity index (χ3v) is 8.50. The summed E-state index contributed by atoms with van der Waals surface area (Å²) >= 11 is 7.44. The number of aromatic nitrogens is 1. The fourth-order valence-corrected chi connectivity index (χ4v) is 6.19. The highest BCUT2D eigenvalue weighted by Crippen LogP contribution is 2.31. The molecule has 0 bridgehead atoms. The highest BCUT2D eigenvalue weighted by atomic mass is 35.5. The summed E-state index contributed by atoms with van der Waals surface area (Å²) in [6.07, 6.45) is 1.79. The first kappa shape index (κ1) is 29.8. The number of aromatic carboxylic acids is 1. The minimum absolute atomic E-state index is 0.217. The third-order valence-electron chi connectivity index (χ3n) is 7.27. The Morgan fingerprint density at radius 3 is 2.33 bits per heavy atom. The maximum Gasteiger partial charge on any atom is 0.335 e. The van der Waals surface area contributed by atoms with E-state index in [4.69, 9.17) is 26.4 Å². The van der Waals surface area contributed by atoms with Crippen molar-refractivity contribution in [3.63, 3.8) is 0 Å². The smallest absolute Gasteiger partial charge is 0.335 e. The number of halogens is 1. The molecule has 45 heavy (non-hydrogen) atoms. The van der Waals surface area contributed by atoms with Crippen molar-refractivity contribution in [3.8, 4) is 5.75 Å². The minimum atomic E-state index is -0.977.